The van der Waals surface area contributed by atoms with Gasteiger partial charge in [0.05, 0.1) is 17.5 Å². The molecule has 8 nitrogen and oxygen atoms in total. The Morgan fingerprint density at radius 1 is 1.31 bits per heavy atom. The number of hydrogen-bond acceptors (Lipinski definition) is 9. The van der Waals surface area contributed by atoms with E-state index in [1.165, 1.54) is 7.11 Å². The van der Waals surface area contributed by atoms with E-state index in [4.69, 9.17) is 14.7 Å². The van der Waals surface area contributed by atoms with Gasteiger partial charge in [0, 0.05) is 19.2 Å². The Labute approximate surface area is 96.0 Å². The van der Waals surface area contributed by atoms with E-state index in [1.54, 1.807) is 6.92 Å². The van der Waals surface area contributed by atoms with Crippen molar-refractivity contribution in [3.63, 3.8) is 0 Å². The van der Waals surface area contributed by atoms with Crippen LogP contribution in [0.4, 0.5) is 0 Å². The van der Waals surface area contributed by atoms with Crippen LogP contribution in [0.1, 0.15) is 6.92 Å². The minimum absolute atomic E-state index is 0.431. The third-order valence-electron chi connectivity index (χ3n) is 2.25. The molecule has 3 N–H and O–H groups in total. The largest absolute Gasteiger partial charge is 0.386 e. The lowest BCUT2D eigenvalue weighted by atomic mass is 10.0. The van der Waals surface area contributed by atoms with Crippen molar-refractivity contribution in [3.05, 3.63) is 0 Å². The zero-order valence-corrected chi connectivity index (χ0v) is 9.49. The Morgan fingerprint density at radius 3 is 2.56 bits per heavy atom. The molecule has 0 aromatic carbocycles. The van der Waals surface area contributed by atoms with E-state index in [9.17, 15) is 10.2 Å². The van der Waals surface area contributed by atoms with Crippen molar-refractivity contribution < 1.29 is 39.4 Å². The standard InChI is InChI=1S/C7H14O8S/c1-3-5(11-2)6(16-15-14-13-10)4(8)7(9)12-3/h3-10H,1-2H3. The molecule has 0 saturated carbocycles. The smallest absolute Gasteiger partial charge is 0.182 e. The molecule has 1 rings (SSSR count). The molecule has 0 amide bonds. The van der Waals surface area contributed by atoms with Gasteiger partial charge in [0.15, 0.2) is 6.29 Å². The Bertz CT molecular complexity index is 205. The van der Waals surface area contributed by atoms with Crippen molar-refractivity contribution in [2.24, 2.45) is 0 Å². The van der Waals surface area contributed by atoms with Crippen LogP contribution in [0.15, 0.2) is 0 Å². The van der Waals surface area contributed by atoms with E-state index in [2.05, 4.69) is 14.4 Å². The van der Waals surface area contributed by atoms with Crippen molar-refractivity contribution in [3.8, 4) is 0 Å². The van der Waals surface area contributed by atoms with Crippen LogP contribution < -0.4 is 0 Å². The van der Waals surface area contributed by atoms with Crippen LogP contribution in [0.5, 0.6) is 0 Å². The van der Waals surface area contributed by atoms with Gasteiger partial charge < -0.3 is 19.7 Å². The third kappa shape index (κ3) is 3.26. The van der Waals surface area contributed by atoms with Crippen LogP contribution in [0, 0.1) is 0 Å². The molecule has 0 aromatic heterocycles. The van der Waals surface area contributed by atoms with Crippen LogP contribution in [0.25, 0.3) is 0 Å². The summed E-state index contributed by atoms with van der Waals surface area (Å²) in [5.74, 6) is 0. The fraction of sp³-hybridized carbons (Fsp3) is 1.00. The molecule has 1 fully saturated rings. The molecule has 16 heavy (non-hydrogen) atoms. The van der Waals surface area contributed by atoms with Crippen LogP contribution in [-0.4, -0.2) is 52.4 Å². The van der Waals surface area contributed by atoms with Gasteiger partial charge in [-0.1, -0.05) is 0 Å². The molecule has 1 aliphatic heterocycles. The van der Waals surface area contributed by atoms with E-state index in [-0.39, 0.29) is 0 Å². The van der Waals surface area contributed by atoms with Gasteiger partial charge in [-0.15, -0.1) is 4.33 Å². The van der Waals surface area contributed by atoms with Crippen molar-refractivity contribution in [2.75, 3.05) is 7.11 Å². The molecular formula is C7H14O8S. The molecule has 0 aromatic rings. The summed E-state index contributed by atoms with van der Waals surface area (Å²) in [6.45, 7) is 1.68. The van der Waals surface area contributed by atoms with Crippen LogP contribution in [0.2, 0.25) is 0 Å². The lowest BCUT2D eigenvalue weighted by Crippen LogP contribution is -2.55. The molecule has 96 valence electrons. The summed E-state index contributed by atoms with van der Waals surface area (Å²) >= 11 is 0.648. The topological polar surface area (TPSA) is 107 Å². The van der Waals surface area contributed by atoms with E-state index < -0.39 is 29.9 Å². The van der Waals surface area contributed by atoms with Gasteiger partial charge >= 0.3 is 0 Å². The summed E-state index contributed by atoms with van der Waals surface area (Å²) in [6.07, 6.45) is -3.49. The second kappa shape index (κ2) is 6.69. The van der Waals surface area contributed by atoms with Gasteiger partial charge in [-0.3, -0.25) is 0 Å². The minimum Gasteiger partial charge on any atom is -0.386 e. The second-order valence-electron chi connectivity index (χ2n) is 3.19. The van der Waals surface area contributed by atoms with E-state index in [0.717, 1.165) is 0 Å². The number of hydrogen-bond donors (Lipinski definition) is 3. The summed E-state index contributed by atoms with van der Waals surface area (Å²) in [6, 6.07) is 0. The predicted octanol–water partition coefficient (Wildman–Crippen LogP) is -0.531. The molecule has 1 saturated heterocycles. The number of ether oxygens (including phenoxy) is 2. The van der Waals surface area contributed by atoms with E-state index in [1.807, 2.05) is 0 Å². The number of aliphatic hydroxyl groups excluding tert-OH is 2. The third-order valence-corrected chi connectivity index (χ3v) is 3.15. The molecule has 1 aliphatic rings. The van der Waals surface area contributed by atoms with Gasteiger partial charge in [-0.2, -0.15) is 0 Å². The highest BCUT2D eigenvalue weighted by Gasteiger charge is 2.44. The van der Waals surface area contributed by atoms with Gasteiger partial charge in [0.2, 0.25) is 0 Å². The van der Waals surface area contributed by atoms with Gasteiger partial charge in [0.25, 0.3) is 0 Å². The molecule has 0 bridgehead atoms. The van der Waals surface area contributed by atoms with Crippen molar-refractivity contribution >= 4 is 12.0 Å². The Hall–Kier alpha value is 0.0300. The molecule has 9 heteroatoms. The maximum absolute atomic E-state index is 9.64. The maximum Gasteiger partial charge on any atom is 0.182 e. The van der Waals surface area contributed by atoms with Crippen LogP contribution >= 0.6 is 12.0 Å². The fourth-order valence-electron chi connectivity index (χ4n) is 1.51. The summed E-state index contributed by atoms with van der Waals surface area (Å²) in [7, 11) is 1.44. The van der Waals surface area contributed by atoms with Gasteiger partial charge in [-0.25, -0.2) is 5.26 Å². The number of rotatable bonds is 5. The zero-order chi connectivity index (χ0) is 12.1. The van der Waals surface area contributed by atoms with Gasteiger partial charge in [0.1, 0.15) is 6.10 Å². The summed E-state index contributed by atoms with van der Waals surface area (Å²) in [4.78, 5) is 0. The van der Waals surface area contributed by atoms with Crippen molar-refractivity contribution in [2.45, 2.75) is 36.8 Å². The average Bonchev–Trinajstić information content (AvgIpc) is 2.25. The van der Waals surface area contributed by atoms with Crippen LogP contribution in [-0.2, 0) is 23.9 Å². The quantitative estimate of drug-likeness (QED) is 0.259. The summed E-state index contributed by atoms with van der Waals surface area (Å²) < 4.78 is 14.5. The van der Waals surface area contributed by atoms with E-state index >= 15 is 0 Å². The maximum atomic E-state index is 9.64. The summed E-state index contributed by atoms with van der Waals surface area (Å²) in [5.41, 5.74) is 0. The van der Waals surface area contributed by atoms with Gasteiger partial charge in [-0.05, 0) is 17.0 Å². The second-order valence-corrected chi connectivity index (χ2v) is 4.07. The van der Waals surface area contributed by atoms with Crippen molar-refractivity contribution in [1.82, 2.24) is 0 Å². The lowest BCUT2D eigenvalue weighted by Gasteiger charge is -2.39. The van der Waals surface area contributed by atoms with E-state index in [0.29, 0.717) is 12.0 Å². The fourth-order valence-corrected chi connectivity index (χ4v) is 2.35. The first kappa shape index (κ1) is 14.1. The molecule has 1 heterocycles. The Balaban J connectivity index is 2.58. The Kier molecular flexibility index (Phi) is 5.89. The monoisotopic (exact) mass is 258 g/mol. The molecule has 0 aliphatic carbocycles. The van der Waals surface area contributed by atoms with Crippen LogP contribution in [0.3, 0.4) is 0 Å². The highest BCUT2D eigenvalue weighted by molar-refractivity contribution is 7.95. The lowest BCUT2D eigenvalue weighted by molar-refractivity contribution is -0.591. The minimum atomic E-state index is -1.34. The zero-order valence-electron chi connectivity index (χ0n) is 8.68. The Morgan fingerprint density at radius 2 is 2.00 bits per heavy atom. The molecular weight excluding hydrogens is 244 g/mol. The predicted molar refractivity (Wildman–Crippen MR) is 50.6 cm³/mol. The number of methoxy groups -OCH3 is 1. The SMILES string of the molecule is COC1C(C)OC(O)C(O)C1SOOOO. The number of aliphatic hydroxyl groups is 2. The molecule has 5 unspecified atom stereocenters. The first-order valence-corrected chi connectivity index (χ1v) is 5.27. The van der Waals surface area contributed by atoms with Crippen molar-refractivity contribution in [1.29, 1.82) is 0 Å². The first-order valence-electron chi connectivity index (χ1n) is 4.46. The normalized spacial score (nSPS) is 39.9. The molecule has 5 atom stereocenters. The molecule has 0 radical (unpaired) electrons. The average molecular weight is 258 g/mol. The highest BCUT2D eigenvalue weighted by atomic mass is 32.2. The summed E-state index contributed by atoms with van der Waals surface area (Å²) in [5, 5.41) is 33.2. The first-order chi connectivity index (χ1) is 7.61. The highest BCUT2D eigenvalue weighted by Crippen LogP contribution is 2.31. The molecule has 0 spiro atoms.